The first-order valence-corrected chi connectivity index (χ1v) is 21.9. The Morgan fingerprint density at radius 2 is 0.980 bits per heavy atom. The van der Waals surface area contributed by atoms with Gasteiger partial charge in [-0.2, -0.15) is 0 Å². The second-order valence-electron chi connectivity index (χ2n) is 16.3. The number of rotatable bonds is 40. The molecule has 0 saturated heterocycles. The first kappa shape index (κ1) is 50.1. The van der Waals surface area contributed by atoms with Crippen molar-refractivity contribution in [3.8, 4) is 0 Å². The molecule has 0 spiro atoms. The molecule has 0 unspecified atom stereocenters. The fourth-order valence-electron chi connectivity index (χ4n) is 6.27. The minimum Gasteiger partial charge on any atom is -0.447 e. The minimum absolute atomic E-state index is 0.187. The van der Waals surface area contributed by atoms with E-state index >= 15 is 0 Å². The average Bonchev–Trinajstić information content (AvgIpc) is 3.10. The van der Waals surface area contributed by atoms with Crippen LogP contribution >= 0.6 is 0 Å². The maximum atomic E-state index is 12.5. The van der Waals surface area contributed by atoms with Gasteiger partial charge in [0.2, 0.25) is 0 Å². The maximum absolute atomic E-state index is 12.5. The third-order valence-corrected chi connectivity index (χ3v) is 10.2. The van der Waals surface area contributed by atoms with E-state index in [2.05, 4.69) is 46.9 Å². The quantitative estimate of drug-likeness (QED) is 0.0633. The van der Waals surface area contributed by atoms with E-state index in [0.717, 1.165) is 38.7 Å². The molecule has 0 radical (unpaired) electrons. The summed E-state index contributed by atoms with van der Waals surface area (Å²) in [5, 5.41) is 2.90. The number of methoxy groups -OCH3 is 1. The third kappa shape index (κ3) is 37.2. The van der Waals surface area contributed by atoms with Gasteiger partial charge in [0.05, 0.1) is 24.4 Å². The molecule has 7 nitrogen and oxygen atoms in total. The number of carbonyl (C=O) groups is 1. The Balaban J connectivity index is 4.27. The normalized spacial score (nSPS) is 12.8. The number of hydrogen-bond acceptors (Lipinski definition) is 6. The van der Waals surface area contributed by atoms with Crippen LogP contribution in [0.15, 0.2) is 0 Å². The van der Waals surface area contributed by atoms with Gasteiger partial charge in [-0.3, -0.25) is 0 Å². The van der Waals surface area contributed by atoms with Crippen molar-refractivity contribution >= 4 is 6.09 Å². The number of carbonyl (C=O) groups excluding carboxylic acids is 1. The molecule has 0 fully saturated rings. The Hall–Kier alpha value is -0.890. The molecule has 0 aliphatic rings. The molecule has 0 bridgehead atoms. The summed E-state index contributed by atoms with van der Waals surface area (Å²) in [6.07, 6.45) is 33.7. The van der Waals surface area contributed by atoms with Gasteiger partial charge in [0.25, 0.3) is 0 Å². The van der Waals surface area contributed by atoms with Crippen molar-refractivity contribution < 1.29 is 28.5 Å². The van der Waals surface area contributed by atoms with E-state index in [1.807, 2.05) is 0 Å². The van der Waals surface area contributed by atoms with Gasteiger partial charge >= 0.3 is 6.09 Å². The molecule has 0 aromatic carbocycles. The highest BCUT2D eigenvalue weighted by Crippen LogP contribution is 2.20. The lowest BCUT2D eigenvalue weighted by Crippen LogP contribution is -2.33. The molecular weight excluding hydrogens is 638 g/mol. The van der Waals surface area contributed by atoms with Gasteiger partial charge < -0.3 is 29.0 Å². The van der Waals surface area contributed by atoms with Crippen molar-refractivity contribution in [3.05, 3.63) is 0 Å². The van der Waals surface area contributed by atoms with Crippen LogP contribution in [0.4, 0.5) is 4.79 Å². The minimum atomic E-state index is -0.393. The van der Waals surface area contributed by atoms with Gasteiger partial charge in [0.1, 0.15) is 12.7 Å². The zero-order valence-corrected chi connectivity index (χ0v) is 35.4. The Morgan fingerprint density at radius 1 is 0.529 bits per heavy atom. The van der Waals surface area contributed by atoms with Crippen molar-refractivity contribution in [2.45, 2.75) is 232 Å². The lowest BCUT2D eigenvalue weighted by atomic mass is 10.0. The smallest absolute Gasteiger partial charge is 0.407 e. The van der Waals surface area contributed by atoms with E-state index in [9.17, 15) is 4.79 Å². The highest BCUT2D eigenvalue weighted by atomic mass is 16.6. The van der Waals surface area contributed by atoms with Crippen molar-refractivity contribution in [2.75, 3.05) is 46.7 Å². The molecule has 51 heavy (non-hydrogen) atoms. The van der Waals surface area contributed by atoms with Crippen molar-refractivity contribution in [1.29, 1.82) is 0 Å². The topological polar surface area (TPSA) is 75.3 Å². The average molecular weight is 728 g/mol. The van der Waals surface area contributed by atoms with Crippen LogP contribution in [0.3, 0.4) is 0 Å². The highest BCUT2D eigenvalue weighted by molar-refractivity contribution is 5.67. The summed E-state index contributed by atoms with van der Waals surface area (Å²) < 4.78 is 29.4. The predicted octanol–water partition coefficient (Wildman–Crippen LogP) is 12.9. The van der Waals surface area contributed by atoms with E-state index < -0.39 is 6.09 Å². The van der Waals surface area contributed by atoms with Gasteiger partial charge in [0, 0.05) is 26.9 Å². The van der Waals surface area contributed by atoms with Gasteiger partial charge in [0.15, 0.2) is 0 Å². The molecule has 0 aliphatic heterocycles. The summed E-state index contributed by atoms with van der Waals surface area (Å²) in [5.41, 5.74) is -0.444. The molecule has 7 heteroatoms. The summed E-state index contributed by atoms with van der Waals surface area (Å²) in [6.45, 7) is 16.2. The number of unbranched alkanes of at least 4 members (excludes halogenated alkanes) is 22. The van der Waals surface area contributed by atoms with Crippen LogP contribution in [0.2, 0.25) is 0 Å². The van der Waals surface area contributed by atoms with Crippen LogP contribution in [-0.2, 0) is 23.7 Å². The first-order valence-electron chi connectivity index (χ1n) is 21.9. The van der Waals surface area contributed by atoms with E-state index in [0.29, 0.717) is 26.4 Å². The third-order valence-electron chi connectivity index (χ3n) is 10.2. The Bertz CT molecular complexity index is 730. The van der Waals surface area contributed by atoms with Crippen LogP contribution in [0.5, 0.6) is 0 Å². The van der Waals surface area contributed by atoms with E-state index in [4.69, 9.17) is 23.7 Å². The Kier molecular flexibility index (Phi) is 35.5. The predicted molar refractivity (Wildman–Crippen MR) is 217 cm³/mol. The van der Waals surface area contributed by atoms with Gasteiger partial charge in [-0.05, 0) is 59.8 Å². The van der Waals surface area contributed by atoms with Crippen molar-refractivity contribution in [2.24, 2.45) is 0 Å². The second-order valence-corrected chi connectivity index (χ2v) is 16.3. The van der Waals surface area contributed by atoms with Crippen LogP contribution in [0, 0.1) is 0 Å². The van der Waals surface area contributed by atoms with E-state index in [1.165, 1.54) is 141 Å². The van der Waals surface area contributed by atoms with E-state index in [-0.39, 0.29) is 23.9 Å². The zero-order valence-electron chi connectivity index (χ0n) is 35.4. The monoisotopic (exact) mass is 728 g/mol. The van der Waals surface area contributed by atoms with Gasteiger partial charge in [-0.25, -0.2) is 4.79 Å². The van der Waals surface area contributed by atoms with Crippen LogP contribution < -0.4 is 5.32 Å². The lowest BCUT2D eigenvalue weighted by molar-refractivity contribution is -0.0617. The molecule has 0 rings (SSSR count). The number of nitrogens with one attached hydrogen (secondary N) is 1. The van der Waals surface area contributed by atoms with Crippen LogP contribution in [0.1, 0.15) is 215 Å². The Morgan fingerprint density at radius 3 is 1.45 bits per heavy atom. The number of alkyl carbamates (subject to hydrolysis) is 1. The first-order chi connectivity index (χ1) is 24.7. The number of hydrogen-bond donors (Lipinski definition) is 1. The summed E-state index contributed by atoms with van der Waals surface area (Å²) in [5.74, 6) is 0. The molecule has 1 N–H and O–H groups in total. The molecule has 1 amide bonds. The van der Waals surface area contributed by atoms with Gasteiger partial charge in [-0.1, -0.05) is 155 Å². The SMILES string of the molecule is CCCCCCCCCCCCCCOC[C@H](COC(=O)NCCCC(C)(C)OCCC(C)(C)OC)OCCCCCCCCCCCCCC. The van der Waals surface area contributed by atoms with Crippen LogP contribution in [0.25, 0.3) is 0 Å². The van der Waals surface area contributed by atoms with E-state index in [1.54, 1.807) is 7.11 Å². The maximum Gasteiger partial charge on any atom is 0.407 e. The molecule has 1 atom stereocenters. The summed E-state index contributed by atoms with van der Waals surface area (Å²) >= 11 is 0. The molecule has 0 heterocycles. The Labute approximate surface area is 318 Å². The molecule has 0 saturated carbocycles. The van der Waals surface area contributed by atoms with Crippen molar-refractivity contribution in [1.82, 2.24) is 5.32 Å². The summed E-state index contributed by atoms with van der Waals surface area (Å²) in [4.78, 5) is 12.5. The molecule has 0 aliphatic carbocycles. The molecule has 306 valence electrons. The standard InChI is InChI=1S/C44H89NO6/c1-8-10-12-14-16-18-20-22-24-26-28-30-36-48-39-41(49-37-31-29-27-25-23-21-19-17-15-13-11-9-2)40-50-42(46)45-35-32-33-44(5,6)51-38-34-43(3,4)47-7/h41H,8-40H2,1-7H3,(H,45,46)/t41-/m1/s1. The highest BCUT2D eigenvalue weighted by Gasteiger charge is 2.22. The van der Waals surface area contributed by atoms with Crippen LogP contribution in [-0.4, -0.2) is 70.1 Å². The molecular formula is C44H89NO6. The number of amides is 1. The second kappa shape index (κ2) is 36.1. The fourth-order valence-corrected chi connectivity index (χ4v) is 6.27. The van der Waals surface area contributed by atoms with Gasteiger partial charge in [-0.15, -0.1) is 0 Å². The summed E-state index contributed by atoms with van der Waals surface area (Å²) in [7, 11) is 1.73. The molecule has 0 aromatic rings. The number of ether oxygens (including phenoxy) is 5. The zero-order chi connectivity index (χ0) is 37.7. The summed E-state index contributed by atoms with van der Waals surface area (Å²) in [6, 6.07) is 0. The van der Waals surface area contributed by atoms with Crippen molar-refractivity contribution in [3.63, 3.8) is 0 Å². The lowest BCUT2D eigenvalue weighted by Gasteiger charge is -2.29. The largest absolute Gasteiger partial charge is 0.447 e. The fraction of sp³-hybridized carbons (Fsp3) is 0.977. The molecule has 0 aromatic heterocycles.